The van der Waals surface area contributed by atoms with Crippen LogP contribution in [0.15, 0.2) is 27.4 Å². The van der Waals surface area contributed by atoms with E-state index >= 15 is 0 Å². The van der Waals surface area contributed by atoms with Gasteiger partial charge in [-0.3, -0.25) is 19.5 Å². The van der Waals surface area contributed by atoms with Crippen molar-refractivity contribution in [2.45, 2.75) is 45.7 Å². The molecule has 0 bridgehead atoms. The van der Waals surface area contributed by atoms with Gasteiger partial charge in [-0.2, -0.15) is 0 Å². The van der Waals surface area contributed by atoms with Crippen LogP contribution in [-0.2, 0) is 11.3 Å². The van der Waals surface area contributed by atoms with Crippen LogP contribution in [0.2, 0.25) is 0 Å². The van der Waals surface area contributed by atoms with Crippen LogP contribution in [0.3, 0.4) is 0 Å². The summed E-state index contributed by atoms with van der Waals surface area (Å²) in [6.45, 7) is 4.99. The minimum Gasteiger partial charge on any atom is -0.407 e. The van der Waals surface area contributed by atoms with Crippen LogP contribution in [0.25, 0.3) is 11.1 Å². The molecule has 0 aliphatic heterocycles. The normalized spacial score (nSPS) is 12.0. The zero-order valence-electron chi connectivity index (χ0n) is 16.3. The van der Waals surface area contributed by atoms with Crippen LogP contribution in [0.1, 0.15) is 33.1 Å². The maximum absolute atomic E-state index is 12.2. The second-order valence-electron chi connectivity index (χ2n) is 7.04. The van der Waals surface area contributed by atoms with Gasteiger partial charge in [-0.15, -0.1) is 12.4 Å². The lowest BCUT2D eigenvalue weighted by Crippen LogP contribution is -2.34. The van der Waals surface area contributed by atoms with Gasteiger partial charge >= 0.3 is 5.76 Å². The molecule has 10 heteroatoms. The molecule has 2 rings (SSSR count). The third-order valence-corrected chi connectivity index (χ3v) is 4.71. The fraction of sp³-hybridized carbons (Fsp3) is 0.556. The van der Waals surface area contributed by atoms with E-state index in [0.717, 1.165) is 6.42 Å². The molecule has 28 heavy (non-hydrogen) atoms. The van der Waals surface area contributed by atoms with Crippen LogP contribution in [0.4, 0.5) is 5.69 Å². The smallest absolute Gasteiger partial charge is 0.407 e. The Balaban J connectivity index is 0.00000392. The highest BCUT2D eigenvalue weighted by Crippen LogP contribution is 2.20. The maximum Gasteiger partial charge on any atom is 0.419 e. The first-order chi connectivity index (χ1) is 12.7. The highest BCUT2D eigenvalue weighted by atomic mass is 35.5. The number of nitro benzene ring substituents is 1. The first-order valence-corrected chi connectivity index (χ1v) is 8.98. The minimum atomic E-state index is -0.589. The van der Waals surface area contributed by atoms with Crippen molar-refractivity contribution in [2.75, 3.05) is 13.6 Å². The van der Waals surface area contributed by atoms with Gasteiger partial charge in [0, 0.05) is 38.7 Å². The van der Waals surface area contributed by atoms with Crippen molar-refractivity contribution in [1.82, 2.24) is 9.47 Å². The Bertz CT molecular complexity index is 876. The topological polar surface area (TPSA) is 125 Å². The van der Waals surface area contributed by atoms with E-state index in [2.05, 4.69) is 0 Å². The Morgan fingerprint density at radius 1 is 1.39 bits per heavy atom. The monoisotopic (exact) mass is 414 g/mol. The van der Waals surface area contributed by atoms with E-state index in [1.807, 2.05) is 13.8 Å². The summed E-state index contributed by atoms with van der Waals surface area (Å²) >= 11 is 0. The number of nitro groups is 1. The number of hydrogen-bond acceptors (Lipinski definition) is 6. The number of halogens is 1. The number of non-ortho nitro benzene ring substituents is 1. The Kier molecular flexibility index (Phi) is 8.64. The molecule has 2 N–H and O–H groups in total. The Morgan fingerprint density at radius 2 is 2.07 bits per heavy atom. The second kappa shape index (κ2) is 10.2. The number of carbonyl (C=O) groups is 1. The second-order valence-corrected chi connectivity index (χ2v) is 7.04. The molecule has 9 nitrogen and oxygen atoms in total. The number of amides is 1. The Hall–Kier alpha value is -2.39. The van der Waals surface area contributed by atoms with Crippen molar-refractivity contribution in [3.05, 3.63) is 38.9 Å². The highest BCUT2D eigenvalue weighted by Gasteiger charge is 2.16. The van der Waals surface area contributed by atoms with E-state index in [1.165, 1.54) is 22.8 Å². The number of nitrogens with zero attached hydrogens (tertiary/aromatic N) is 3. The first kappa shape index (κ1) is 23.6. The van der Waals surface area contributed by atoms with Gasteiger partial charge in [0.2, 0.25) is 5.91 Å². The average molecular weight is 415 g/mol. The van der Waals surface area contributed by atoms with Crippen LogP contribution in [0.5, 0.6) is 0 Å². The molecule has 1 atom stereocenters. The molecule has 1 aromatic carbocycles. The van der Waals surface area contributed by atoms with Crippen molar-refractivity contribution in [3.63, 3.8) is 0 Å². The highest BCUT2D eigenvalue weighted by molar-refractivity contribution is 5.85. The van der Waals surface area contributed by atoms with Gasteiger partial charge in [-0.1, -0.05) is 13.8 Å². The molecular formula is C18H27ClN4O5. The summed E-state index contributed by atoms with van der Waals surface area (Å²) in [4.78, 5) is 36.1. The number of fused-ring (bicyclic) bond motifs is 1. The van der Waals surface area contributed by atoms with E-state index in [-0.39, 0.29) is 35.6 Å². The van der Waals surface area contributed by atoms with E-state index in [9.17, 15) is 19.7 Å². The summed E-state index contributed by atoms with van der Waals surface area (Å²) < 4.78 is 6.47. The van der Waals surface area contributed by atoms with Crippen molar-refractivity contribution in [1.29, 1.82) is 0 Å². The quantitative estimate of drug-likeness (QED) is 0.496. The fourth-order valence-corrected chi connectivity index (χ4v) is 2.76. The van der Waals surface area contributed by atoms with Gasteiger partial charge < -0.3 is 15.1 Å². The van der Waals surface area contributed by atoms with E-state index in [1.54, 1.807) is 11.9 Å². The number of nitrogens with two attached hydrogens (primary N) is 1. The van der Waals surface area contributed by atoms with Gasteiger partial charge in [0.15, 0.2) is 5.58 Å². The number of oxazole rings is 1. The molecule has 0 saturated carbocycles. The van der Waals surface area contributed by atoms with Crippen molar-refractivity contribution >= 4 is 35.1 Å². The third-order valence-electron chi connectivity index (χ3n) is 4.71. The molecule has 2 aromatic rings. The van der Waals surface area contributed by atoms with Crippen LogP contribution >= 0.6 is 12.4 Å². The predicted molar refractivity (Wildman–Crippen MR) is 109 cm³/mol. The summed E-state index contributed by atoms with van der Waals surface area (Å²) in [5.74, 6) is -0.234. The molecule has 156 valence electrons. The lowest BCUT2D eigenvalue weighted by molar-refractivity contribution is -0.384. The zero-order valence-corrected chi connectivity index (χ0v) is 17.1. The SMILES string of the molecule is CC(C)C(N)CCN(C)C(=O)CCCn1c(=O)oc2cc([N+](=O)[O-])ccc21.Cl. The molecule has 0 aliphatic rings. The van der Waals surface area contributed by atoms with Gasteiger partial charge in [-0.25, -0.2) is 4.79 Å². The number of benzene rings is 1. The maximum atomic E-state index is 12.2. The largest absolute Gasteiger partial charge is 0.419 e. The van der Waals surface area contributed by atoms with Crippen LogP contribution < -0.4 is 11.5 Å². The fourth-order valence-electron chi connectivity index (χ4n) is 2.76. The lowest BCUT2D eigenvalue weighted by Gasteiger charge is -2.21. The van der Waals surface area contributed by atoms with Crippen molar-refractivity contribution in [2.24, 2.45) is 11.7 Å². The molecule has 0 aliphatic carbocycles. The average Bonchev–Trinajstić information content (AvgIpc) is 2.93. The summed E-state index contributed by atoms with van der Waals surface area (Å²) in [6.07, 6.45) is 1.49. The van der Waals surface area contributed by atoms with Crippen molar-refractivity contribution in [3.8, 4) is 0 Å². The Morgan fingerprint density at radius 3 is 2.68 bits per heavy atom. The van der Waals surface area contributed by atoms with Gasteiger partial charge in [-0.05, 0) is 24.8 Å². The molecule has 0 fully saturated rings. The number of hydrogen-bond donors (Lipinski definition) is 1. The predicted octanol–water partition coefficient (Wildman–Crippen LogP) is 2.54. The number of aryl methyl sites for hydroxylation is 1. The van der Waals surface area contributed by atoms with E-state index in [0.29, 0.717) is 37.4 Å². The standard InChI is InChI=1S/C18H26N4O5.ClH/c1-12(2)14(19)8-10-20(3)17(23)5-4-9-21-15-7-6-13(22(25)26)11-16(15)27-18(21)24;/h6-7,11-12,14H,4-5,8-10,19H2,1-3H3;1H. The van der Waals surface area contributed by atoms with Gasteiger partial charge in [0.05, 0.1) is 16.5 Å². The molecule has 1 heterocycles. The zero-order chi connectivity index (χ0) is 20.1. The summed E-state index contributed by atoms with van der Waals surface area (Å²) in [5.41, 5.74) is 6.51. The van der Waals surface area contributed by atoms with E-state index in [4.69, 9.17) is 10.2 Å². The molecule has 1 amide bonds. The van der Waals surface area contributed by atoms with Crippen LogP contribution in [-0.4, -0.2) is 39.9 Å². The van der Waals surface area contributed by atoms with Crippen molar-refractivity contribution < 1.29 is 14.1 Å². The summed E-state index contributed by atoms with van der Waals surface area (Å²) in [7, 11) is 1.74. The molecule has 0 saturated heterocycles. The molecule has 1 unspecified atom stereocenters. The number of aromatic nitrogens is 1. The van der Waals surface area contributed by atoms with Gasteiger partial charge in [0.1, 0.15) is 0 Å². The Labute approximate surface area is 169 Å². The minimum absolute atomic E-state index is 0. The van der Waals surface area contributed by atoms with Crippen LogP contribution in [0, 0.1) is 16.0 Å². The van der Waals surface area contributed by atoms with E-state index < -0.39 is 10.7 Å². The third kappa shape index (κ3) is 5.80. The molecular weight excluding hydrogens is 388 g/mol. The summed E-state index contributed by atoms with van der Waals surface area (Å²) in [5, 5.41) is 10.8. The first-order valence-electron chi connectivity index (χ1n) is 8.98. The lowest BCUT2D eigenvalue weighted by atomic mass is 10.0. The molecule has 0 spiro atoms. The molecule has 0 radical (unpaired) electrons. The summed E-state index contributed by atoms with van der Waals surface area (Å²) in [6, 6.07) is 4.09. The molecule has 1 aromatic heterocycles. The number of carbonyl (C=O) groups excluding carboxylic acids is 1. The number of rotatable bonds is 9. The van der Waals surface area contributed by atoms with Gasteiger partial charge in [0.25, 0.3) is 5.69 Å².